The highest BCUT2D eigenvalue weighted by Crippen LogP contribution is 2.19. The molecule has 114 valence electrons. The molecule has 3 amide bonds. The predicted octanol–water partition coefficient (Wildman–Crippen LogP) is 3.35. The van der Waals surface area contributed by atoms with Crippen molar-refractivity contribution in [2.24, 2.45) is 5.73 Å². The number of aryl methyl sites for hydroxylation is 3. The number of carbonyl (C=O) groups excluding carboxylic acids is 2. The number of nitrogens with one attached hydrogen (secondary N) is 2. The minimum Gasteiger partial charge on any atom is -0.366 e. The Bertz CT molecular complexity index is 739. The van der Waals surface area contributed by atoms with Crippen molar-refractivity contribution in [2.45, 2.75) is 20.8 Å². The number of nitrogens with two attached hydrogens (primary N) is 1. The lowest BCUT2D eigenvalue weighted by Crippen LogP contribution is -2.21. The van der Waals surface area contributed by atoms with Crippen LogP contribution in [0, 0.1) is 20.8 Å². The van der Waals surface area contributed by atoms with E-state index in [2.05, 4.69) is 10.6 Å². The van der Waals surface area contributed by atoms with E-state index >= 15 is 0 Å². The summed E-state index contributed by atoms with van der Waals surface area (Å²) >= 11 is 0. The summed E-state index contributed by atoms with van der Waals surface area (Å²) in [6.07, 6.45) is 0. The van der Waals surface area contributed by atoms with Crippen LogP contribution in [0.1, 0.15) is 27.0 Å². The maximum atomic E-state index is 12.1. The zero-order valence-electron chi connectivity index (χ0n) is 12.9. The molecule has 5 heteroatoms. The average molecular weight is 297 g/mol. The van der Waals surface area contributed by atoms with E-state index in [9.17, 15) is 9.59 Å². The Balaban J connectivity index is 2.17. The van der Waals surface area contributed by atoms with Gasteiger partial charge in [-0.3, -0.25) is 4.79 Å². The van der Waals surface area contributed by atoms with Crippen LogP contribution >= 0.6 is 0 Å². The van der Waals surface area contributed by atoms with E-state index in [1.165, 1.54) is 0 Å². The lowest BCUT2D eigenvalue weighted by Gasteiger charge is -2.12. The first-order valence-electron chi connectivity index (χ1n) is 6.92. The van der Waals surface area contributed by atoms with Crippen molar-refractivity contribution < 1.29 is 9.59 Å². The fourth-order valence-corrected chi connectivity index (χ4v) is 2.06. The molecule has 0 saturated heterocycles. The van der Waals surface area contributed by atoms with Gasteiger partial charge in [-0.1, -0.05) is 18.2 Å². The van der Waals surface area contributed by atoms with E-state index in [-0.39, 0.29) is 6.03 Å². The van der Waals surface area contributed by atoms with Gasteiger partial charge in [0.05, 0.1) is 0 Å². The number of primary amides is 1. The van der Waals surface area contributed by atoms with E-state index < -0.39 is 5.91 Å². The number of rotatable bonds is 3. The third kappa shape index (κ3) is 3.63. The van der Waals surface area contributed by atoms with Crippen LogP contribution in [0.15, 0.2) is 36.4 Å². The van der Waals surface area contributed by atoms with E-state index in [1.807, 2.05) is 39.0 Å². The minimum absolute atomic E-state index is 0.354. The fraction of sp³-hybridized carbons (Fsp3) is 0.176. The lowest BCUT2D eigenvalue weighted by molar-refractivity contribution is 0.100. The second-order valence-electron chi connectivity index (χ2n) is 5.29. The van der Waals surface area contributed by atoms with Gasteiger partial charge in [-0.25, -0.2) is 4.79 Å². The quantitative estimate of drug-likeness (QED) is 0.811. The molecule has 0 atom stereocenters. The van der Waals surface area contributed by atoms with Gasteiger partial charge < -0.3 is 16.4 Å². The first-order chi connectivity index (χ1) is 10.4. The van der Waals surface area contributed by atoms with E-state index in [4.69, 9.17) is 5.73 Å². The summed E-state index contributed by atoms with van der Waals surface area (Å²) in [5, 5.41) is 5.55. The van der Waals surface area contributed by atoms with Gasteiger partial charge >= 0.3 is 6.03 Å². The summed E-state index contributed by atoms with van der Waals surface area (Å²) in [7, 11) is 0. The summed E-state index contributed by atoms with van der Waals surface area (Å²) in [5.74, 6) is -0.530. The van der Waals surface area contributed by atoms with Gasteiger partial charge in [-0.2, -0.15) is 0 Å². The predicted molar refractivity (Wildman–Crippen MR) is 88.3 cm³/mol. The van der Waals surface area contributed by atoms with Gasteiger partial charge in [0.1, 0.15) is 0 Å². The molecule has 0 saturated carbocycles. The van der Waals surface area contributed by atoms with Crippen LogP contribution in [0.3, 0.4) is 0 Å². The third-order valence-electron chi connectivity index (χ3n) is 3.41. The van der Waals surface area contributed by atoms with Crippen LogP contribution in [0.5, 0.6) is 0 Å². The number of hydrogen-bond acceptors (Lipinski definition) is 2. The van der Waals surface area contributed by atoms with Crippen molar-refractivity contribution in [3.05, 3.63) is 58.7 Å². The molecule has 0 spiro atoms. The van der Waals surface area contributed by atoms with Crippen LogP contribution in [-0.2, 0) is 0 Å². The zero-order chi connectivity index (χ0) is 16.3. The number of amides is 3. The largest absolute Gasteiger partial charge is 0.366 e. The Labute approximate surface area is 129 Å². The molecule has 22 heavy (non-hydrogen) atoms. The van der Waals surface area contributed by atoms with Crippen molar-refractivity contribution in [3.63, 3.8) is 0 Å². The SMILES string of the molecule is Cc1ccc(C)c(NC(=O)Nc2cc(C(N)=O)ccc2C)c1. The highest BCUT2D eigenvalue weighted by Gasteiger charge is 2.09. The molecule has 2 rings (SSSR count). The number of carbonyl (C=O) groups is 2. The molecule has 0 aromatic heterocycles. The molecule has 0 unspecified atom stereocenters. The molecule has 0 aliphatic rings. The first-order valence-corrected chi connectivity index (χ1v) is 6.92. The van der Waals surface area contributed by atoms with Crippen molar-refractivity contribution in [3.8, 4) is 0 Å². The second kappa shape index (κ2) is 6.30. The van der Waals surface area contributed by atoms with Crippen LogP contribution < -0.4 is 16.4 Å². The Morgan fingerprint density at radius 3 is 2.00 bits per heavy atom. The standard InChI is InChI=1S/C17H19N3O2/c1-10-4-5-11(2)14(8-10)19-17(22)20-15-9-13(16(18)21)7-6-12(15)3/h4-9H,1-3H3,(H2,18,21)(H2,19,20,22). The van der Waals surface area contributed by atoms with E-state index in [1.54, 1.807) is 18.2 Å². The van der Waals surface area contributed by atoms with Crippen LogP contribution in [0.4, 0.5) is 16.2 Å². The Morgan fingerprint density at radius 2 is 1.41 bits per heavy atom. The summed E-state index contributed by atoms with van der Waals surface area (Å²) < 4.78 is 0. The Morgan fingerprint density at radius 1 is 0.864 bits per heavy atom. The molecular formula is C17H19N3O2. The maximum Gasteiger partial charge on any atom is 0.323 e. The Kier molecular flexibility index (Phi) is 4.46. The minimum atomic E-state index is -0.530. The second-order valence-corrected chi connectivity index (χ2v) is 5.29. The monoisotopic (exact) mass is 297 g/mol. The topological polar surface area (TPSA) is 84.2 Å². The molecule has 0 fully saturated rings. The maximum absolute atomic E-state index is 12.1. The number of anilines is 2. The zero-order valence-corrected chi connectivity index (χ0v) is 12.9. The summed E-state index contributed by atoms with van der Waals surface area (Å²) in [4.78, 5) is 23.4. The molecule has 0 bridgehead atoms. The average Bonchev–Trinajstić information content (AvgIpc) is 2.45. The number of hydrogen-bond donors (Lipinski definition) is 3. The fourth-order valence-electron chi connectivity index (χ4n) is 2.06. The van der Waals surface area contributed by atoms with Gasteiger partial charge in [0.15, 0.2) is 0 Å². The molecule has 2 aromatic carbocycles. The molecule has 4 N–H and O–H groups in total. The molecule has 2 aromatic rings. The number of benzene rings is 2. The molecule has 0 aliphatic carbocycles. The summed E-state index contributed by atoms with van der Waals surface area (Å²) in [5.41, 5.74) is 9.80. The van der Waals surface area contributed by atoms with E-state index in [0.717, 1.165) is 22.4 Å². The first kappa shape index (κ1) is 15.6. The molecule has 0 heterocycles. The summed E-state index contributed by atoms with van der Waals surface area (Å²) in [6.45, 7) is 5.73. The third-order valence-corrected chi connectivity index (χ3v) is 3.41. The van der Waals surface area contributed by atoms with Crippen molar-refractivity contribution in [1.82, 2.24) is 0 Å². The van der Waals surface area contributed by atoms with Gasteiger partial charge in [-0.15, -0.1) is 0 Å². The molecule has 5 nitrogen and oxygen atoms in total. The van der Waals surface area contributed by atoms with Crippen LogP contribution in [-0.4, -0.2) is 11.9 Å². The van der Waals surface area contributed by atoms with Gasteiger partial charge in [0.2, 0.25) is 5.91 Å². The molecular weight excluding hydrogens is 278 g/mol. The highest BCUT2D eigenvalue weighted by molar-refractivity contribution is 6.02. The van der Waals surface area contributed by atoms with Gasteiger partial charge in [0, 0.05) is 16.9 Å². The Hall–Kier alpha value is -2.82. The van der Waals surface area contributed by atoms with Gasteiger partial charge in [-0.05, 0) is 55.7 Å². The van der Waals surface area contributed by atoms with E-state index in [0.29, 0.717) is 11.3 Å². The molecule has 0 aliphatic heterocycles. The normalized spacial score (nSPS) is 10.1. The van der Waals surface area contributed by atoms with Gasteiger partial charge in [0.25, 0.3) is 0 Å². The molecule has 0 radical (unpaired) electrons. The highest BCUT2D eigenvalue weighted by atomic mass is 16.2. The van der Waals surface area contributed by atoms with Crippen molar-refractivity contribution >= 4 is 23.3 Å². The summed E-state index contributed by atoms with van der Waals surface area (Å²) in [6, 6.07) is 10.4. The van der Waals surface area contributed by atoms with Crippen molar-refractivity contribution in [1.29, 1.82) is 0 Å². The lowest BCUT2D eigenvalue weighted by atomic mass is 10.1. The van der Waals surface area contributed by atoms with Crippen LogP contribution in [0.2, 0.25) is 0 Å². The van der Waals surface area contributed by atoms with Crippen LogP contribution in [0.25, 0.3) is 0 Å². The van der Waals surface area contributed by atoms with Crippen molar-refractivity contribution in [2.75, 3.05) is 10.6 Å². The number of urea groups is 1. The smallest absolute Gasteiger partial charge is 0.323 e.